The molecule has 0 bridgehead atoms. The van der Waals surface area contributed by atoms with Crippen LogP contribution < -0.4 is 5.73 Å². The van der Waals surface area contributed by atoms with Gasteiger partial charge in [-0.1, -0.05) is 38.0 Å². The second kappa shape index (κ2) is 6.28. The van der Waals surface area contributed by atoms with Gasteiger partial charge in [-0.2, -0.15) is 0 Å². The third-order valence-electron chi connectivity index (χ3n) is 2.63. The van der Waals surface area contributed by atoms with E-state index < -0.39 is 0 Å². The number of carbonyl (C=O) groups excluding carboxylic acids is 1. The molecule has 2 N–H and O–H groups in total. The summed E-state index contributed by atoms with van der Waals surface area (Å²) in [7, 11) is 1.39. The molecule has 1 atom stereocenters. The van der Waals surface area contributed by atoms with Gasteiger partial charge in [-0.25, -0.2) is 4.79 Å². The number of ether oxygens (including phenoxy) is 1. The third-order valence-corrected chi connectivity index (χ3v) is 2.63. The maximum Gasteiger partial charge on any atom is 0.338 e. The molecule has 0 saturated heterocycles. The smallest absolute Gasteiger partial charge is 0.338 e. The van der Waals surface area contributed by atoms with E-state index in [0.29, 0.717) is 5.56 Å². The first-order valence-corrected chi connectivity index (χ1v) is 5.63. The van der Waals surface area contributed by atoms with E-state index in [-0.39, 0.29) is 12.0 Å². The monoisotopic (exact) mass is 221 g/mol. The topological polar surface area (TPSA) is 52.3 Å². The quantitative estimate of drug-likeness (QED) is 0.778. The number of esters is 1. The lowest BCUT2D eigenvalue weighted by Crippen LogP contribution is -2.15. The summed E-state index contributed by atoms with van der Waals surface area (Å²) in [6, 6.07) is 7.28. The first-order valence-electron chi connectivity index (χ1n) is 5.63. The first kappa shape index (κ1) is 12.7. The van der Waals surface area contributed by atoms with Crippen LogP contribution in [0.5, 0.6) is 0 Å². The van der Waals surface area contributed by atoms with E-state index >= 15 is 0 Å². The SMILES string of the molecule is CCCC[C@@H](N)c1ccccc1C(=O)OC. The zero-order valence-electron chi connectivity index (χ0n) is 9.90. The van der Waals surface area contributed by atoms with Crippen molar-refractivity contribution >= 4 is 5.97 Å². The second-order valence-electron chi connectivity index (χ2n) is 3.83. The molecule has 0 fully saturated rings. The molecule has 0 aromatic heterocycles. The lowest BCUT2D eigenvalue weighted by molar-refractivity contribution is 0.0599. The highest BCUT2D eigenvalue weighted by atomic mass is 16.5. The number of methoxy groups -OCH3 is 1. The lowest BCUT2D eigenvalue weighted by Gasteiger charge is -2.14. The van der Waals surface area contributed by atoms with Crippen molar-refractivity contribution in [3.8, 4) is 0 Å². The fraction of sp³-hybridized carbons (Fsp3) is 0.462. The van der Waals surface area contributed by atoms with Crippen molar-refractivity contribution in [1.82, 2.24) is 0 Å². The van der Waals surface area contributed by atoms with Gasteiger partial charge in [0.15, 0.2) is 0 Å². The molecule has 1 aromatic rings. The minimum atomic E-state index is -0.317. The fourth-order valence-electron chi connectivity index (χ4n) is 1.70. The number of unbranched alkanes of at least 4 members (excludes halogenated alkanes) is 1. The summed E-state index contributed by atoms with van der Waals surface area (Å²) in [6.45, 7) is 2.12. The summed E-state index contributed by atoms with van der Waals surface area (Å²) in [4.78, 5) is 11.5. The molecule has 3 nitrogen and oxygen atoms in total. The van der Waals surface area contributed by atoms with Crippen LogP contribution in [0.3, 0.4) is 0 Å². The van der Waals surface area contributed by atoms with Gasteiger partial charge >= 0.3 is 5.97 Å². The number of carbonyl (C=O) groups is 1. The summed E-state index contributed by atoms with van der Waals surface area (Å²) in [5, 5.41) is 0. The maximum absolute atomic E-state index is 11.5. The van der Waals surface area contributed by atoms with Crippen LogP contribution in [0.1, 0.15) is 48.1 Å². The van der Waals surface area contributed by atoms with Crippen molar-refractivity contribution in [3.05, 3.63) is 35.4 Å². The van der Waals surface area contributed by atoms with Crippen molar-refractivity contribution < 1.29 is 9.53 Å². The molecule has 0 aliphatic heterocycles. The van der Waals surface area contributed by atoms with Gasteiger partial charge in [0.05, 0.1) is 12.7 Å². The van der Waals surface area contributed by atoms with Crippen LogP contribution in [0.4, 0.5) is 0 Å². The van der Waals surface area contributed by atoms with E-state index in [1.807, 2.05) is 18.2 Å². The average Bonchev–Trinajstić information content (AvgIpc) is 2.35. The van der Waals surface area contributed by atoms with Crippen LogP contribution in [-0.2, 0) is 4.74 Å². The van der Waals surface area contributed by atoms with Crippen LogP contribution in [0.2, 0.25) is 0 Å². The van der Waals surface area contributed by atoms with Crippen LogP contribution in [-0.4, -0.2) is 13.1 Å². The standard InChI is InChI=1S/C13H19NO2/c1-3-4-9-12(14)10-7-5-6-8-11(10)13(15)16-2/h5-8,12H,3-4,9,14H2,1-2H3/t12-/m1/s1. The Morgan fingerprint density at radius 2 is 2.12 bits per heavy atom. The molecular formula is C13H19NO2. The zero-order valence-corrected chi connectivity index (χ0v) is 9.90. The molecule has 0 heterocycles. The van der Waals surface area contributed by atoms with Crippen molar-refractivity contribution in [1.29, 1.82) is 0 Å². The zero-order chi connectivity index (χ0) is 12.0. The Labute approximate surface area is 96.6 Å². The van der Waals surface area contributed by atoms with Gasteiger partial charge in [0, 0.05) is 6.04 Å². The molecule has 16 heavy (non-hydrogen) atoms. The number of hydrogen-bond donors (Lipinski definition) is 1. The van der Waals surface area contributed by atoms with Crippen molar-refractivity contribution in [2.75, 3.05) is 7.11 Å². The van der Waals surface area contributed by atoms with Gasteiger partial charge in [-0.05, 0) is 18.1 Å². The minimum absolute atomic E-state index is 0.0877. The van der Waals surface area contributed by atoms with Gasteiger partial charge in [0.25, 0.3) is 0 Å². The van der Waals surface area contributed by atoms with Crippen molar-refractivity contribution in [2.24, 2.45) is 5.73 Å². The van der Waals surface area contributed by atoms with Crippen molar-refractivity contribution in [3.63, 3.8) is 0 Å². The molecular weight excluding hydrogens is 202 g/mol. The Hall–Kier alpha value is -1.35. The largest absolute Gasteiger partial charge is 0.465 e. The molecule has 0 radical (unpaired) electrons. The summed E-state index contributed by atoms with van der Waals surface area (Å²) in [5.74, 6) is -0.317. The molecule has 0 spiro atoms. The normalized spacial score (nSPS) is 12.2. The molecule has 88 valence electrons. The summed E-state index contributed by atoms with van der Waals surface area (Å²) in [5.41, 5.74) is 7.52. The Balaban J connectivity index is 2.89. The van der Waals surface area contributed by atoms with E-state index in [9.17, 15) is 4.79 Å². The highest BCUT2D eigenvalue weighted by Crippen LogP contribution is 2.21. The molecule has 1 rings (SSSR count). The van der Waals surface area contributed by atoms with Crippen LogP contribution >= 0.6 is 0 Å². The van der Waals surface area contributed by atoms with E-state index in [0.717, 1.165) is 24.8 Å². The third kappa shape index (κ3) is 3.07. The van der Waals surface area contributed by atoms with Crippen molar-refractivity contribution in [2.45, 2.75) is 32.2 Å². The Morgan fingerprint density at radius 3 is 2.75 bits per heavy atom. The van der Waals surface area contributed by atoms with Gasteiger partial charge in [-0.15, -0.1) is 0 Å². The van der Waals surface area contributed by atoms with Gasteiger partial charge in [0.1, 0.15) is 0 Å². The van der Waals surface area contributed by atoms with Gasteiger partial charge in [0.2, 0.25) is 0 Å². The molecule has 3 heteroatoms. The number of rotatable bonds is 5. The Morgan fingerprint density at radius 1 is 1.44 bits per heavy atom. The lowest BCUT2D eigenvalue weighted by atomic mass is 9.97. The minimum Gasteiger partial charge on any atom is -0.465 e. The van der Waals surface area contributed by atoms with Gasteiger partial charge in [-0.3, -0.25) is 0 Å². The molecule has 0 aliphatic rings. The molecule has 0 amide bonds. The molecule has 0 aliphatic carbocycles. The molecule has 0 unspecified atom stereocenters. The average molecular weight is 221 g/mol. The van der Waals surface area contributed by atoms with Crippen LogP contribution in [0.15, 0.2) is 24.3 Å². The number of benzene rings is 1. The predicted molar refractivity (Wildman–Crippen MR) is 64.2 cm³/mol. The summed E-state index contributed by atoms with van der Waals surface area (Å²) in [6.07, 6.45) is 3.06. The highest BCUT2D eigenvalue weighted by molar-refractivity contribution is 5.91. The van der Waals surface area contributed by atoms with E-state index in [4.69, 9.17) is 10.5 Å². The Kier molecular flexibility index (Phi) is 4.99. The fourth-order valence-corrected chi connectivity index (χ4v) is 1.70. The maximum atomic E-state index is 11.5. The second-order valence-corrected chi connectivity index (χ2v) is 3.83. The number of nitrogens with two attached hydrogens (primary N) is 1. The van der Waals surface area contributed by atoms with Gasteiger partial charge < -0.3 is 10.5 Å². The predicted octanol–water partition coefficient (Wildman–Crippen LogP) is 2.66. The Bertz CT molecular complexity index is 350. The number of hydrogen-bond acceptors (Lipinski definition) is 3. The van der Waals surface area contributed by atoms with Crippen LogP contribution in [0.25, 0.3) is 0 Å². The summed E-state index contributed by atoms with van der Waals surface area (Å²) < 4.78 is 4.74. The van der Waals surface area contributed by atoms with E-state index in [1.54, 1.807) is 6.07 Å². The molecule has 0 saturated carbocycles. The summed E-state index contributed by atoms with van der Waals surface area (Å²) >= 11 is 0. The first-order chi connectivity index (χ1) is 7.70. The van der Waals surface area contributed by atoms with E-state index in [1.165, 1.54) is 7.11 Å². The highest BCUT2D eigenvalue weighted by Gasteiger charge is 2.15. The molecule has 1 aromatic carbocycles. The van der Waals surface area contributed by atoms with Crippen LogP contribution in [0, 0.1) is 0 Å². The van der Waals surface area contributed by atoms with E-state index in [2.05, 4.69) is 6.92 Å².